The van der Waals surface area contributed by atoms with Crippen LogP contribution in [0.5, 0.6) is 0 Å². The van der Waals surface area contributed by atoms with Crippen LogP contribution in [0.1, 0.15) is 6.42 Å². The van der Waals surface area contributed by atoms with E-state index in [2.05, 4.69) is 0 Å². The number of halogens is 2. The van der Waals surface area contributed by atoms with Gasteiger partial charge in [0.05, 0.1) is 6.42 Å². The minimum atomic E-state index is -1.29. The SMILES string of the molecule is N[C@@H](CC(=O)O)C(=O)O.[Cl][Pt][Cl]. The second-order valence-corrected chi connectivity index (χ2v) is 4.87. The van der Waals surface area contributed by atoms with E-state index >= 15 is 0 Å². The van der Waals surface area contributed by atoms with Gasteiger partial charge < -0.3 is 15.9 Å². The van der Waals surface area contributed by atoms with Gasteiger partial charge in [-0.1, -0.05) is 0 Å². The van der Waals surface area contributed by atoms with Crippen molar-refractivity contribution in [2.45, 2.75) is 12.5 Å². The fourth-order valence-electron chi connectivity index (χ4n) is 0.275. The number of aliphatic carboxylic acids is 2. The number of nitrogens with two attached hydrogens (primary N) is 1. The standard InChI is InChI=1S/C4H7NO4.2ClH.Pt/c5-2(4(8)9)1-3(6)7;;;/h2H,1,5H2,(H,6,7)(H,8,9);2*1H;/q;;;+2/p-2/t2-;;;/m0.../s1. The predicted molar refractivity (Wildman–Crippen MR) is 39.6 cm³/mol. The summed E-state index contributed by atoms with van der Waals surface area (Å²) in [4.78, 5) is 19.6. The number of carbonyl (C=O) groups is 2. The van der Waals surface area contributed by atoms with Crippen LogP contribution in [0.3, 0.4) is 0 Å². The topological polar surface area (TPSA) is 101 Å². The van der Waals surface area contributed by atoms with Gasteiger partial charge in [0.1, 0.15) is 6.04 Å². The molecular weight excluding hydrogens is 392 g/mol. The molecule has 0 radical (unpaired) electrons. The third kappa shape index (κ3) is 12.8. The molecule has 8 heteroatoms. The van der Waals surface area contributed by atoms with E-state index in [0.717, 1.165) is 0 Å². The van der Waals surface area contributed by atoms with Crippen LogP contribution in [0.2, 0.25) is 0 Å². The predicted octanol–water partition coefficient (Wildman–Crippen LogP) is 0.249. The fraction of sp³-hybridized carbons (Fsp3) is 0.500. The van der Waals surface area contributed by atoms with E-state index in [9.17, 15) is 9.59 Å². The van der Waals surface area contributed by atoms with Gasteiger partial charge in [0.15, 0.2) is 0 Å². The quantitative estimate of drug-likeness (QED) is 0.632. The first-order valence-electron chi connectivity index (χ1n) is 2.48. The Morgan fingerprint density at radius 3 is 1.83 bits per heavy atom. The van der Waals surface area contributed by atoms with E-state index in [4.69, 9.17) is 34.8 Å². The second-order valence-electron chi connectivity index (χ2n) is 1.59. The molecule has 0 amide bonds. The molecule has 0 fully saturated rings. The molecule has 12 heavy (non-hydrogen) atoms. The molecule has 0 saturated carbocycles. The molecule has 0 unspecified atom stereocenters. The summed E-state index contributed by atoms with van der Waals surface area (Å²) in [6, 6.07) is -1.29. The molecule has 0 aromatic heterocycles. The summed E-state index contributed by atoms with van der Waals surface area (Å²) in [6.07, 6.45) is -0.532. The number of hydrogen-bond acceptors (Lipinski definition) is 3. The van der Waals surface area contributed by atoms with E-state index in [-0.39, 0.29) is 0 Å². The molecule has 0 aliphatic heterocycles. The van der Waals surface area contributed by atoms with Gasteiger partial charge in [-0.2, -0.15) is 0 Å². The van der Waals surface area contributed by atoms with Crippen LogP contribution in [-0.4, -0.2) is 28.2 Å². The van der Waals surface area contributed by atoms with Crippen molar-refractivity contribution >= 4 is 30.8 Å². The van der Waals surface area contributed by atoms with Crippen LogP contribution in [0, 0.1) is 0 Å². The van der Waals surface area contributed by atoms with Crippen LogP contribution in [0.15, 0.2) is 0 Å². The summed E-state index contributed by atoms with van der Waals surface area (Å²) in [5.74, 6) is -2.50. The minimum absolute atomic E-state index is 0.472. The van der Waals surface area contributed by atoms with Crippen molar-refractivity contribution in [3.05, 3.63) is 0 Å². The summed E-state index contributed by atoms with van der Waals surface area (Å²) in [5.41, 5.74) is 4.84. The van der Waals surface area contributed by atoms with Gasteiger partial charge in [-0.05, 0) is 0 Å². The van der Waals surface area contributed by atoms with E-state index in [1.165, 1.54) is 0 Å². The van der Waals surface area contributed by atoms with E-state index in [0.29, 0.717) is 0 Å². The molecule has 0 aliphatic carbocycles. The van der Waals surface area contributed by atoms with Crippen molar-refractivity contribution in [2.75, 3.05) is 0 Å². The molecule has 0 bridgehead atoms. The Labute approximate surface area is 85.2 Å². The molecule has 0 aromatic rings. The van der Waals surface area contributed by atoms with Crippen LogP contribution >= 0.6 is 18.8 Å². The van der Waals surface area contributed by atoms with Crippen molar-refractivity contribution in [1.82, 2.24) is 0 Å². The van der Waals surface area contributed by atoms with Gasteiger partial charge in [-0.15, -0.1) is 0 Å². The third-order valence-corrected chi connectivity index (χ3v) is 0.712. The molecule has 0 aliphatic rings. The van der Waals surface area contributed by atoms with Gasteiger partial charge in [0.25, 0.3) is 0 Å². The summed E-state index contributed by atoms with van der Waals surface area (Å²) < 4.78 is 0. The molecule has 0 saturated heterocycles. The van der Waals surface area contributed by atoms with Gasteiger partial charge in [-0.3, -0.25) is 9.59 Å². The summed E-state index contributed by atoms with van der Waals surface area (Å²) in [6.45, 7) is 0. The maximum atomic E-state index is 9.85. The zero-order valence-corrected chi connectivity index (χ0v) is 9.43. The summed E-state index contributed by atoms with van der Waals surface area (Å²) >= 11 is -0.472. The van der Waals surface area contributed by atoms with Crippen LogP contribution in [0.25, 0.3) is 0 Å². The second kappa shape index (κ2) is 9.26. The van der Waals surface area contributed by atoms with E-state index in [1.54, 1.807) is 0 Å². The first-order valence-corrected chi connectivity index (χ1v) is 8.11. The van der Waals surface area contributed by atoms with Crippen LogP contribution in [0.4, 0.5) is 0 Å². The summed E-state index contributed by atoms with van der Waals surface area (Å²) in [7, 11) is 9.75. The fourth-order valence-corrected chi connectivity index (χ4v) is 0.275. The maximum absolute atomic E-state index is 9.85. The van der Waals surface area contributed by atoms with Gasteiger partial charge in [0.2, 0.25) is 0 Å². The molecule has 5 nitrogen and oxygen atoms in total. The summed E-state index contributed by atoms with van der Waals surface area (Å²) in [5, 5.41) is 16.0. The van der Waals surface area contributed by atoms with Crippen molar-refractivity contribution in [3.63, 3.8) is 0 Å². The third-order valence-electron chi connectivity index (χ3n) is 0.712. The Bertz CT molecular complexity index is 156. The van der Waals surface area contributed by atoms with E-state index < -0.39 is 40.9 Å². The zero-order valence-electron chi connectivity index (χ0n) is 5.64. The average molecular weight is 399 g/mol. The normalized spacial score (nSPS) is 11.2. The monoisotopic (exact) mass is 398 g/mol. The molecule has 0 heterocycles. The molecule has 0 spiro atoms. The number of carboxylic acid groups (broad SMARTS) is 2. The Morgan fingerprint density at radius 1 is 1.42 bits per heavy atom. The van der Waals surface area contributed by atoms with Crippen molar-refractivity contribution in [1.29, 1.82) is 0 Å². The molecule has 0 rings (SSSR count). The zero-order chi connectivity index (χ0) is 10.1. The van der Waals surface area contributed by atoms with Crippen molar-refractivity contribution < 1.29 is 36.3 Å². The Balaban J connectivity index is 0. The molecule has 1 atom stereocenters. The van der Waals surface area contributed by atoms with Gasteiger partial charge in [0, 0.05) is 0 Å². The van der Waals surface area contributed by atoms with Gasteiger partial charge >= 0.3 is 47.3 Å². The Kier molecular flexibility index (Phi) is 11.3. The van der Waals surface area contributed by atoms with Gasteiger partial charge in [-0.25, -0.2) is 0 Å². The van der Waals surface area contributed by atoms with Crippen LogP contribution in [-0.2, 0) is 26.1 Å². The first-order chi connectivity index (χ1) is 5.45. The molecule has 0 aromatic carbocycles. The Morgan fingerprint density at radius 2 is 1.75 bits per heavy atom. The number of rotatable bonds is 3. The first kappa shape index (κ1) is 14.7. The van der Waals surface area contributed by atoms with Crippen molar-refractivity contribution in [3.8, 4) is 0 Å². The number of carboxylic acids is 2. The van der Waals surface area contributed by atoms with Crippen LogP contribution < -0.4 is 5.73 Å². The average Bonchev–Trinajstić information content (AvgIpc) is 1.87. The molecule has 76 valence electrons. The molecular formula is C4H7Cl2NO4Pt. The van der Waals surface area contributed by atoms with E-state index in [1.807, 2.05) is 0 Å². The Hall–Kier alpha value is 0.168. The molecule has 4 N–H and O–H groups in total. The van der Waals surface area contributed by atoms with Crippen molar-refractivity contribution in [2.24, 2.45) is 5.73 Å². The number of hydrogen-bond donors (Lipinski definition) is 3.